The first-order valence-corrected chi connectivity index (χ1v) is 10.7. The van der Waals surface area contributed by atoms with Crippen LogP contribution in [0.2, 0.25) is 0 Å². The molecule has 0 saturated carbocycles. The largest absolute Gasteiger partial charge is 0.507 e. The molecule has 0 radical (unpaired) electrons. The Balaban J connectivity index is 2.77. The van der Waals surface area contributed by atoms with E-state index in [-0.39, 0.29) is 16.6 Å². The van der Waals surface area contributed by atoms with E-state index >= 15 is 0 Å². The molecule has 2 aromatic carbocycles. The van der Waals surface area contributed by atoms with Crippen LogP contribution in [0.5, 0.6) is 5.75 Å². The van der Waals surface area contributed by atoms with Gasteiger partial charge in [0.2, 0.25) is 0 Å². The number of benzene rings is 2. The van der Waals surface area contributed by atoms with E-state index in [1.54, 1.807) is 4.90 Å². The molecule has 0 aromatic heterocycles. The third-order valence-corrected chi connectivity index (χ3v) is 5.07. The molecular formula is C21H30NO4P. The summed E-state index contributed by atoms with van der Waals surface area (Å²) in [6.45, 7) is 12.0. The maximum Gasteiger partial charge on any atom is 0.345 e. The molecule has 0 saturated heterocycles. The number of hydrogen-bond donors (Lipinski definition) is 3. The fourth-order valence-electron chi connectivity index (χ4n) is 3.02. The predicted octanol–water partition coefficient (Wildman–Crippen LogP) is 5.26. The molecule has 0 heterocycles. The minimum absolute atomic E-state index is 0.239. The Labute approximate surface area is 161 Å². The number of aromatic hydroxyl groups is 1. The fraction of sp³-hybridized carbons (Fsp3) is 0.429. The van der Waals surface area contributed by atoms with Gasteiger partial charge in [-0.2, -0.15) is 0 Å². The highest BCUT2D eigenvalue weighted by atomic mass is 31.2. The van der Waals surface area contributed by atoms with Gasteiger partial charge in [-0.15, -0.1) is 0 Å². The van der Waals surface area contributed by atoms with Crippen molar-refractivity contribution in [2.24, 2.45) is 0 Å². The average Bonchev–Trinajstić information content (AvgIpc) is 2.51. The summed E-state index contributed by atoms with van der Waals surface area (Å²) >= 11 is 0. The number of hydrogen-bond acceptors (Lipinski definition) is 3. The van der Waals surface area contributed by atoms with Gasteiger partial charge in [-0.3, -0.25) is 4.57 Å². The van der Waals surface area contributed by atoms with Crippen molar-refractivity contribution in [1.29, 1.82) is 0 Å². The van der Waals surface area contributed by atoms with Crippen LogP contribution in [0, 0.1) is 0 Å². The third kappa shape index (κ3) is 5.35. The summed E-state index contributed by atoms with van der Waals surface area (Å²) in [4.78, 5) is 20.9. The van der Waals surface area contributed by atoms with E-state index in [1.165, 1.54) is 0 Å². The van der Waals surface area contributed by atoms with Crippen molar-refractivity contribution in [1.82, 2.24) is 0 Å². The molecule has 148 valence electrons. The van der Waals surface area contributed by atoms with E-state index in [0.717, 1.165) is 11.1 Å². The van der Waals surface area contributed by atoms with Crippen LogP contribution in [0.3, 0.4) is 0 Å². The first-order valence-electron chi connectivity index (χ1n) is 8.95. The van der Waals surface area contributed by atoms with Crippen molar-refractivity contribution in [3.63, 3.8) is 0 Å². The van der Waals surface area contributed by atoms with Crippen LogP contribution in [0.4, 0.5) is 11.4 Å². The van der Waals surface area contributed by atoms with Crippen molar-refractivity contribution >= 4 is 19.0 Å². The number of nitrogens with zero attached hydrogens (tertiary/aromatic N) is 1. The molecule has 3 N–H and O–H groups in total. The molecule has 0 unspecified atom stereocenters. The van der Waals surface area contributed by atoms with Gasteiger partial charge in [0.15, 0.2) is 0 Å². The van der Waals surface area contributed by atoms with E-state index in [0.29, 0.717) is 11.4 Å². The SMILES string of the molecule is CC(C)(C)c1cc(N(CP(=O)(O)O)c2ccccc2)cc(C(C)(C)C)c1O. The quantitative estimate of drug-likeness (QED) is 0.620. The molecule has 0 bridgehead atoms. The molecule has 0 aliphatic carbocycles. The lowest BCUT2D eigenvalue weighted by molar-refractivity contribution is 0.373. The molecule has 2 aromatic rings. The van der Waals surface area contributed by atoms with E-state index in [2.05, 4.69) is 0 Å². The molecule has 0 fully saturated rings. The van der Waals surface area contributed by atoms with Crippen LogP contribution < -0.4 is 4.90 Å². The van der Waals surface area contributed by atoms with Gasteiger partial charge in [-0.1, -0.05) is 59.7 Å². The van der Waals surface area contributed by atoms with Crippen LogP contribution in [-0.4, -0.2) is 21.2 Å². The van der Waals surface area contributed by atoms with Gasteiger partial charge in [0.05, 0.1) is 0 Å². The van der Waals surface area contributed by atoms with Crippen LogP contribution >= 0.6 is 7.60 Å². The van der Waals surface area contributed by atoms with E-state index in [9.17, 15) is 19.5 Å². The molecule has 0 atom stereocenters. The second kappa shape index (κ2) is 7.31. The fourth-order valence-corrected chi connectivity index (χ4v) is 3.72. The summed E-state index contributed by atoms with van der Waals surface area (Å²) < 4.78 is 11.8. The van der Waals surface area contributed by atoms with E-state index in [4.69, 9.17) is 0 Å². The first kappa shape index (κ1) is 21.5. The second-order valence-corrected chi connectivity index (χ2v) is 10.6. The van der Waals surface area contributed by atoms with Gasteiger partial charge in [0.1, 0.15) is 12.0 Å². The Bertz CT molecular complexity index is 810. The minimum Gasteiger partial charge on any atom is -0.507 e. The zero-order valence-corrected chi connectivity index (χ0v) is 17.8. The van der Waals surface area contributed by atoms with Gasteiger partial charge < -0.3 is 19.8 Å². The van der Waals surface area contributed by atoms with Crippen molar-refractivity contribution in [2.75, 3.05) is 11.2 Å². The Kier molecular flexibility index (Phi) is 5.82. The molecular weight excluding hydrogens is 361 g/mol. The molecule has 6 heteroatoms. The molecule has 0 aliphatic heterocycles. The predicted molar refractivity (Wildman–Crippen MR) is 111 cm³/mol. The lowest BCUT2D eigenvalue weighted by atomic mass is 9.79. The van der Waals surface area contributed by atoms with Crippen molar-refractivity contribution < 1.29 is 19.5 Å². The summed E-state index contributed by atoms with van der Waals surface area (Å²) in [6, 6.07) is 12.8. The van der Waals surface area contributed by atoms with Gasteiger partial charge >= 0.3 is 7.60 Å². The molecule has 27 heavy (non-hydrogen) atoms. The van der Waals surface area contributed by atoms with Gasteiger partial charge in [0.25, 0.3) is 0 Å². The van der Waals surface area contributed by atoms with Crippen LogP contribution in [-0.2, 0) is 15.4 Å². The van der Waals surface area contributed by atoms with E-state index in [1.807, 2.05) is 84.0 Å². The maximum atomic E-state index is 11.8. The summed E-state index contributed by atoms with van der Waals surface area (Å²) in [5, 5.41) is 10.9. The molecule has 5 nitrogen and oxygen atoms in total. The maximum absolute atomic E-state index is 11.8. The number of phenols is 1. The van der Waals surface area contributed by atoms with Crippen LogP contribution in [0.15, 0.2) is 42.5 Å². The summed E-state index contributed by atoms with van der Waals surface area (Å²) in [5.74, 6) is 0.239. The number of para-hydroxylation sites is 1. The Morgan fingerprint density at radius 2 is 1.30 bits per heavy atom. The van der Waals surface area contributed by atoms with Crippen LogP contribution in [0.25, 0.3) is 0 Å². The average molecular weight is 391 g/mol. The lowest BCUT2D eigenvalue weighted by Gasteiger charge is -2.32. The highest BCUT2D eigenvalue weighted by molar-refractivity contribution is 7.51. The number of anilines is 2. The Hall–Kier alpha value is -1.81. The van der Waals surface area contributed by atoms with E-state index < -0.39 is 13.9 Å². The van der Waals surface area contributed by atoms with Crippen LogP contribution in [0.1, 0.15) is 52.7 Å². The van der Waals surface area contributed by atoms with Gasteiger partial charge in [-0.05, 0) is 35.1 Å². The first-order chi connectivity index (χ1) is 12.2. The Morgan fingerprint density at radius 1 is 0.852 bits per heavy atom. The van der Waals surface area contributed by atoms with Gasteiger partial charge in [-0.25, -0.2) is 0 Å². The monoisotopic (exact) mass is 391 g/mol. The zero-order valence-electron chi connectivity index (χ0n) is 16.9. The number of rotatable bonds is 4. The molecule has 0 aliphatic rings. The highest BCUT2D eigenvalue weighted by Crippen LogP contribution is 2.45. The van der Waals surface area contributed by atoms with Crippen molar-refractivity contribution in [3.8, 4) is 5.75 Å². The second-order valence-electron chi connectivity index (χ2n) is 8.96. The van der Waals surface area contributed by atoms with Crippen molar-refractivity contribution in [2.45, 2.75) is 52.4 Å². The lowest BCUT2D eigenvalue weighted by Crippen LogP contribution is -2.22. The molecule has 0 amide bonds. The van der Waals surface area contributed by atoms with Crippen molar-refractivity contribution in [3.05, 3.63) is 53.6 Å². The minimum atomic E-state index is -4.31. The molecule has 2 rings (SSSR count). The molecule has 0 spiro atoms. The topological polar surface area (TPSA) is 81.0 Å². The third-order valence-electron chi connectivity index (χ3n) is 4.42. The summed E-state index contributed by atoms with van der Waals surface area (Å²) in [7, 11) is -4.31. The Morgan fingerprint density at radius 3 is 1.67 bits per heavy atom. The smallest absolute Gasteiger partial charge is 0.345 e. The number of phenolic OH excluding ortho intramolecular Hbond substituents is 1. The zero-order chi connectivity index (χ0) is 20.6. The normalized spacial score (nSPS) is 12.9. The van der Waals surface area contributed by atoms with Gasteiger partial charge in [0, 0.05) is 22.5 Å². The summed E-state index contributed by atoms with van der Waals surface area (Å²) in [6.07, 6.45) is -0.436. The highest BCUT2D eigenvalue weighted by Gasteiger charge is 2.29. The standard InChI is InChI=1S/C21H30NO4P/c1-20(2,3)17-12-16(13-18(19(17)23)21(4,5)6)22(14-27(24,25)26)15-10-8-7-9-11-15/h7-13,23H,14H2,1-6H3,(H2,24,25,26). The summed E-state index contributed by atoms with van der Waals surface area (Å²) in [5.41, 5.74) is 2.17.